The Morgan fingerprint density at radius 3 is 2.57 bits per heavy atom. The fourth-order valence-electron chi connectivity index (χ4n) is 5.29. The minimum Gasteiger partial charge on any atom is -0.408 e. The van der Waals surface area contributed by atoms with Crippen LogP contribution in [0.5, 0.6) is 0 Å². The molecule has 2 fully saturated rings. The number of aromatic amines is 1. The van der Waals surface area contributed by atoms with E-state index >= 15 is 0 Å². The number of hydrogen-bond acceptors (Lipinski definition) is 4. The summed E-state index contributed by atoms with van der Waals surface area (Å²) in [4.78, 5) is 16.5. The Labute approximate surface area is 164 Å². The number of fused-ring (bicyclic) bond motifs is 2. The molecule has 1 saturated carbocycles. The average Bonchev–Trinajstić information content (AvgIpc) is 3.30. The van der Waals surface area contributed by atoms with Crippen molar-refractivity contribution in [3.05, 3.63) is 70.2 Å². The lowest BCUT2D eigenvalue weighted by atomic mass is 9.91. The largest absolute Gasteiger partial charge is 0.417 e. The van der Waals surface area contributed by atoms with Crippen molar-refractivity contribution < 1.29 is 9.52 Å². The maximum atomic E-state index is 11.3. The molecule has 2 aliphatic rings. The van der Waals surface area contributed by atoms with Gasteiger partial charge in [0.05, 0.1) is 11.1 Å². The van der Waals surface area contributed by atoms with E-state index in [0.717, 1.165) is 50.8 Å². The van der Waals surface area contributed by atoms with Gasteiger partial charge < -0.3 is 14.4 Å². The van der Waals surface area contributed by atoms with Crippen LogP contribution in [0.3, 0.4) is 0 Å². The zero-order valence-corrected chi connectivity index (χ0v) is 15.9. The van der Waals surface area contributed by atoms with Gasteiger partial charge in [-0.1, -0.05) is 36.4 Å². The van der Waals surface area contributed by atoms with Gasteiger partial charge in [-0.25, -0.2) is 4.79 Å². The lowest BCUT2D eigenvalue weighted by Crippen LogP contribution is -2.32. The lowest BCUT2D eigenvalue weighted by molar-refractivity contribution is 0.0355. The molecule has 0 spiro atoms. The van der Waals surface area contributed by atoms with Crippen molar-refractivity contribution in [1.29, 1.82) is 0 Å². The van der Waals surface area contributed by atoms with Crippen LogP contribution in [0.2, 0.25) is 0 Å². The predicted molar refractivity (Wildman–Crippen MR) is 108 cm³/mol. The van der Waals surface area contributed by atoms with Gasteiger partial charge in [0.1, 0.15) is 0 Å². The summed E-state index contributed by atoms with van der Waals surface area (Å²) >= 11 is 0. The van der Waals surface area contributed by atoms with Gasteiger partial charge in [0.15, 0.2) is 5.58 Å². The topological polar surface area (TPSA) is 69.5 Å². The van der Waals surface area contributed by atoms with Crippen LogP contribution < -0.4 is 5.76 Å². The fraction of sp³-hybridized carbons (Fsp3) is 0.435. The molecule has 3 aromatic rings. The molecule has 2 N–H and O–H groups in total. The van der Waals surface area contributed by atoms with E-state index in [-0.39, 0.29) is 0 Å². The molecule has 2 aromatic carbocycles. The number of nitrogens with zero attached hydrogens (tertiary/aromatic N) is 1. The summed E-state index contributed by atoms with van der Waals surface area (Å²) in [6.07, 6.45) is 3.52. The maximum absolute atomic E-state index is 11.3. The third-order valence-electron chi connectivity index (χ3n) is 6.51. The van der Waals surface area contributed by atoms with E-state index in [1.807, 2.05) is 30.3 Å². The van der Waals surface area contributed by atoms with E-state index in [2.05, 4.69) is 28.1 Å². The number of aromatic nitrogens is 1. The molecule has 5 rings (SSSR count). The maximum Gasteiger partial charge on any atom is 0.417 e. The van der Waals surface area contributed by atoms with Gasteiger partial charge in [-0.15, -0.1) is 0 Å². The zero-order valence-electron chi connectivity index (χ0n) is 15.9. The molecule has 5 nitrogen and oxygen atoms in total. The van der Waals surface area contributed by atoms with Gasteiger partial charge in [0.2, 0.25) is 0 Å². The second-order valence-corrected chi connectivity index (χ2v) is 8.67. The molecule has 0 radical (unpaired) electrons. The molecule has 1 saturated heterocycles. The number of likely N-dealkylation sites (tertiary alicyclic amines) is 1. The highest BCUT2D eigenvalue weighted by Gasteiger charge is 2.47. The van der Waals surface area contributed by atoms with Crippen LogP contribution >= 0.6 is 0 Å². The summed E-state index contributed by atoms with van der Waals surface area (Å²) in [7, 11) is 0. The third-order valence-corrected chi connectivity index (χ3v) is 6.51. The Balaban J connectivity index is 1.17. The van der Waals surface area contributed by atoms with Crippen molar-refractivity contribution in [2.45, 2.75) is 31.3 Å². The van der Waals surface area contributed by atoms with E-state index in [1.165, 1.54) is 11.1 Å². The second-order valence-electron chi connectivity index (χ2n) is 8.67. The molecule has 0 bridgehead atoms. The Hall–Kier alpha value is -2.37. The fourth-order valence-corrected chi connectivity index (χ4v) is 5.29. The highest BCUT2D eigenvalue weighted by atomic mass is 16.4. The molecule has 2 heterocycles. The minimum absolute atomic E-state index is 0.400. The average molecular weight is 378 g/mol. The van der Waals surface area contributed by atoms with E-state index in [1.54, 1.807) is 0 Å². The Morgan fingerprint density at radius 2 is 1.82 bits per heavy atom. The standard InChI is InChI=1S/C23H26N2O3/c26-22-24-20-7-6-16(10-21(20)28-22)8-9-25-14-18-12-23(27,13-19(18)15-25)11-17-4-2-1-3-5-17/h1-7,10,18-19,27H,8-9,11-15H2,(H,24,26)/t18-,19+,23-. The van der Waals surface area contributed by atoms with Crippen molar-refractivity contribution in [1.82, 2.24) is 9.88 Å². The van der Waals surface area contributed by atoms with Gasteiger partial charge in [-0.2, -0.15) is 0 Å². The minimum atomic E-state index is -0.542. The number of aliphatic hydroxyl groups is 1. The predicted octanol–water partition coefficient (Wildman–Crippen LogP) is 2.98. The van der Waals surface area contributed by atoms with Crippen molar-refractivity contribution in [3.63, 3.8) is 0 Å². The zero-order chi connectivity index (χ0) is 19.1. The van der Waals surface area contributed by atoms with E-state index in [9.17, 15) is 9.90 Å². The van der Waals surface area contributed by atoms with Gasteiger partial charge >= 0.3 is 5.76 Å². The highest BCUT2D eigenvalue weighted by molar-refractivity contribution is 5.72. The molecule has 1 aliphatic carbocycles. The lowest BCUT2D eigenvalue weighted by Gasteiger charge is -2.26. The monoisotopic (exact) mass is 378 g/mol. The summed E-state index contributed by atoms with van der Waals surface area (Å²) in [5.74, 6) is 0.792. The van der Waals surface area contributed by atoms with Gasteiger partial charge in [-0.05, 0) is 54.4 Å². The van der Waals surface area contributed by atoms with Gasteiger partial charge in [-0.3, -0.25) is 4.98 Å². The van der Waals surface area contributed by atoms with E-state index in [4.69, 9.17) is 4.42 Å². The van der Waals surface area contributed by atoms with Crippen LogP contribution in [0.4, 0.5) is 0 Å². The first-order valence-corrected chi connectivity index (χ1v) is 10.2. The molecular weight excluding hydrogens is 352 g/mol. The van der Waals surface area contributed by atoms with Gasteiger partial charge in [0.25, 0.3) is 0 Å². The Morgan fingerprint density at radius 1 is 1.07 bits per heavy atom. The molecule has 0 unspecified atom stereocenters. The summed E-state index contributed by atoms with van der Waals surface area (Å²) in [6, 6.07) is 16.3. The molecule has 0 amide bonds. The first-order chi connectivity index (χ1) is 13.6. The van der Waals surface area contributed by atoms with Crippen LogP contribution in [0.25, 0.3) is 11.1 Å². The van der Waals surface area contributed by atoms with E-state index in [0.29, 0.717) is 17.4 Å². The van der Waals surface area contributed by atoms with Crippen molar-refractivity contribution in [2.75, 3.05) is 19.6 Å². The van der Waals surface area contributed by atoms with Crippen molar-refractivity contribution >= 4 is 11.1 Å². The SMILES string of the molecule is O=c1[nH]c2ccc(CCN3C[C@@H]4C[C@@](O)(Cc5ccccc5)C[C@@H]4C3)cc2o1. The van der Waals surface area contributed by atoms with Crippen LogP contribution in [-0.4, -0.2) is 40.2 Å². The van der Waals surface area contributed by atoms with Crippen LogP contribution in [0.1, 0.15) is 24.0 Å². The molecule has 5 heteroatoms. The van der Waals surface area contributed by atoms with E-state index < -0.39 is 11.4 Å². The quantitative estimate of drug-likeness (QED) is 0.716. The first-order valence-electron chi connectivity index (χ1n) is 10.2. The normalized spacial score (nSPS) is 27.5. The molecule has 3 atom stereocenters. The number of H-pyrrole nitrogens is 1. The number of hydrogen-bond donors (Lipinski definition) is 2. The molecule has 1 aliphatic heterocycles. The first kappa shape index (κ1) is 17.7. The van der Waals surface area contributed by atoms with Gasteiger partial charge in [0, 0.05) is 26.1 Å². The van der Waals surface area contributed by atoms with Crippen molar-refractivity contribution in [2.24, 2.45) is 11.8 Å². The summed E-state index contributed by atoms with van der Waals surface area (Å²) in [5, 5.41) is 11.1. The summed E-state index contributed by atoms with van der Waals surface area (Å²) < 4.78 is 5.16. The number of oxazole rings is 1. The Bertz CT molecular complexity index is 1010. The summed E-state index contributed by atoms with van der Waals surface area (Å²) in [6.45, 7) is 3.15. The molecule has 146 valence electrons. The molecular formula is C23H26N2O3. The molecule has 28 heavy (non-hydrogen) atoms. The summed E-state index contributed by atoms with van der Waals surface area (Å²) in [5.41, 5.74) is 3.26. The van der Waals surface area contributed by atoms with Crippen LogP contribution in [0.15, 0.2) is 57.7 Å². The van der Waals surface area contributed by atoms with Crippen LogP contribution in [0, 0.1) is 11.8 Å². The second kappa shape index (κ2) is 6.90. The number of nitrogens with one attached hydrogen (secondary N) is 1. The number of benzene rings is 2. The smallest absolute Gasteiger partial charge is 0.408 e. The van der Waals surface area contributed by atoms with Crippen LogP contribution in [-0.2, 0) is 12.8 Å². The third kappa shape index (κ3) is 3.52. The highest BCUT2D eigenvalue weighted by Crippen LogP contribution is 2.45. The Kier molecular flexibility index (Phi) is 4.37. The van der Waals surface area contributed by atoms with Crippen molar-refractivity contribution in [3.8, 4) is 0 Å². The number of rotatable bonds is 5. The molecule has 1 aromatic heterocycles.